The second-order valence-electron chi connectivity index (χ2n) is 6.54. The molecule has 0 spiro atoms. The molecule has 0 saturated heterocycles. The lowest BCUT2D eigenvalue weighted by atomic mass is 10.1. The standard InChI is InChI=1S/C20H16N6O3/c27-19(22-10-14-3-1-2-4-15(14)24-7-6-21-12-24)11-26-20(28)17-9-18-16(5-8-29-18)25(17)13-23-26/h1-9,12-13H,10-11H2,(H,22,27). The average Bonchev–Trinajstić information content (AvgIpc) is 3.47. The zero-order valence-corrected chi connectivity index (χ0v) is 15.2. The monoisotopic (exact) mass is 388 g/mol. The number of para-hydroxylation sites is 1. The van der Waals surface area contributed by atoms with Crippen LogP contribution in [-0.2, 0) is 17.9 Å². The maximum Gasteiger partial charge on any atom is 0.291 e. The summed E-state index contributed by atoms with van der Waals surface area (Å²) < 4.78 is 10.00. The Labute approximate surface area is 163 Å². The molecule has 0 aliphatic carbocycles. The van der Waals surface area contributed by atoms with Gasteiger partial charge in [-0.2, -0.15) is 5.10 Å². The molecule has 9 nitrogen and oxygen atoms in total. The van der Waals surface area contributed by atoms with E-state index in [2.05, 4.69) is 15.4 Å². The SMILES string of the molecule is O=C(Cn1ncn2c(cc3occc32)c1=O)NCc1ccccc1-n1ccnc1. The first-order valence-corrected chi connectivity index (χ1v) is 8.98. The number of aromatic nitrogens is 5. The molecule has 0 saturated carbocycles. The van der Waals surface area contributed by atoms with Gasteiger partial charge in [-0.05, 0) is 11.6 Å². The molecule has 5 rings (SSSR count). The third-order valence-electron chi connectivity index (χ3n) is 4.76. The number of benzene rings is 1. The van der Waals surface area contributed by atoms with Gasteiger partial charge in [0.15, 0.2) is 5.58 Å². The van der Waals surface area contributed by atoms with E-state index in [1.807, 2.05) is 35.0 Å². The molecular formula is C20H16N6O3. The minimum Gasteiger partial charge on any atom is -0.463 e. The number of hydrogen-bond acceptors (Lipinski definition) is 5. The normalized spacial score (nSPS) is 11.3. The molecular weight excluding hydrogens is 372 g/mol. The number of rotatable bonds is 5. The topological polar surface area (TPSA) is 99.4 Å². The Morgan fingerprint density at radius 3 is 2.90 bits per heavy atom. The highest BCUT2D eigenvalue weighted by atomic mass is 16.3. The van der Waals surface area contributed by atoms with Gasteiger partial charge in [-0.1, -0.05) is 18.2 Å². The van der Waals surface area contributed by atoms with Crippen LogP contribution in [0.3, 0.4) is 0 Å². The minimum absolute atomic E-state index is 0.172. The van der Waals surface area contributed by atoms with E-state index in [0.717, 1.165) is 21.4 Å². The van der Waals surface area contributed by atoms with Gasteiger partial charge in [0, 0.05) is 31.1 Å². The molecule has 1 N–H and O–H groups in total. The molecule has 0 atom stereocenters. The van der Waals surface area contributed by atoms with Crippen LogP contribution in [0.5, 0.6) is 0 Å². The fourth-order valence-corrected chi connectivity index (χ4v) is 3.34. The predicted molar refractivity (Wildman–Crippen MR) is 105 cm³/mol. The summed E-state index contributed by atoms with van der Waals surface area (Å²) in [6, 6.07) is 11.1. The first-order valence-electron chi connectivity index (χ1n) is 8.98. The van der Waals surface area contributed by atoms with E-state index >= 15 is 0 Å². The van der Waals surface area contributed by atoms with E-state index < -0.39 is 0 Å². The summed E-state index contributed by atoms with van der Waals surface area (Å²) in [5.74, 6) is -0.306. The number of furan rings is 1. The molecule has 0 fully saturated rings. The van der Waals surface area contributed by atoms with Crippen LogP contribution < -0.4 is 10.9 Å². The quantitative estimate of drug-likeness (QED) is 0.494. The van der Waals surface area contributed by atoms with Gasteiger partial charge in [-0.3, -0.25) is 14.0 Å². The van der Waals surface area contributed by atoms with E-state index in [4.69, 9.17) is 4.42 Å². The van der Waals surface area contributed by atoms with Crippen LogP contribution in [0.15, 0.2) is 76.9 Å². The number of carbonyl (C=O) groups is 1. The molecule has 144 valence electrons. The molecule has 0 bridgehead atoms. The van der Waals surface area contributed by atoms with Crippen LogP contribution in [0.1, 0.15) is 5.56 Å². The van der Waals surface area contributed by atoms with Crippen molar-refractivity contribution in [2.45, 2.75) is 13.1 Å². The number of imidazole rings is 1. The summed E-state index contributed by atoms with van der Waals surface area (Å²) in [6.07, 6.45) is 8.30. The Morgan fingerprint density at radius 2 is 2.03 bits per heavy atom. The highest BCUT2D eigenvalue weighted by molar-refractivity contribution is 5.82. The van der Waals surface area contributed by atoms with Gasteiger partial charge in [-0.15, -0.1) is 0 Å². The van der Waals surface area contributed by atoms with Crippen molar-refractivity contribution in [2.24, 2.45) is 0 Å². The third-order valence-corrected chi connectivity index (χ3v) is 4.76. The number of fused-ring (bicyclic) bond motifs is 3. The van der Waals surface area contributed by atoms with Crippen molar-refractivity contribution in [1.29, 1.82) is 0 Å². The number of nitrogens with zero attached hydrogens (tertiary/aromatic N) is 5. The van der Waals surface area contributed by atoms with E-state index in [-0.39, 0.29) is 18.0 Å². The van der Waals surface area contributed by atoms with Gasteiger partial charge in [0.2, 0.25) is 5.91 Å². The van der Waals surface area contributed by atoms with Crippen molar-refractivity contribution < 1.29 is 9.21 Å². The van der Waals surface area contributed by atoms with Crippen molar-refractivity contribution in [2.75, 3.05) is 0 Å². The number of nitrogens with one attached hydrogen (secondary N) is 1. The largest absolute Gasteiger partial charge is 0.463 e. The van der Waals surface area contributed by atoms with Crippen molar-refractivity contribution >= 4 is 22.5 Å². The molecule has 5 aromatic rings. The van der Waals surface area contributed by atoms with E-state index in [1.54, 1.807) is 35.3 Å². The van der Waals surface area contributed by atoms with Gasteiger partial charge >= 0.3 is 0 Å². The zero-order chi connectivity index (χ0) is 19.8. The van der Waals surface area contributed by atoms with Crippen molar-refractivity contribution in [3.05, 3.63) is 83.6 Å². The Morgan fingerprint density at radius 1 is 1.14 bits per heavy atom. The summed E-state index contributed by atoms with van der Waals surface area (Å²) in [7, 11) is 0. The number of hydrogen-bond donors (Lipinski definition) is 1. The Kier molecular flexibility index (Phi) is 3.98. The lowest BCUT2D eigenvalue weighted by Gasteiger charge is -2.11. The highest BCUT2D eigenvalue weighted by Gasteiger charge is 2.13. The van der Waals surface area contributed by atoms with Gasteiger partial charge in [0.25, 0.3) is 5.56 Å². The van der Waals surface area contributed by atoms with Gasteiger partial charge in [-0.25, -0.2) is 9.67 Å². The minimum atomic E-state index is -0.354. The van der Waals surface area contributed by atoms with Crippen LogP contribution >= 0.6 is 0 Å². The molecule has 9 heteroatoms. The lowest BCUT2D eigenvalue weighted by Crippen LogP contribution is -2.34. The molecule has 0 aliphatic heterocycles. The number of amides is 1. The maximum atomic E-state index is 12.7. The van der Waals surface area contributed by atoms with Crippen molar-refractivity contribution in [3.8, 4) is 5.69 Å². The zero-order valence-electron chi connectivity index (χ0n) is 15.2. The molecule has 0 radical (unpaired) electrons. The van der Waals surface area contributed by atoms with Crippen molar-refractivity contribution in [1.82, 2.24) is 29.0 Å². The van der Waals surface area contributed by atoms with Gasteiger partial charge in [0.05, 0.1) is 23.8 Å². The summed E-state index contributed by atoms with van der Waals surface area (Å²) in [4.78, 5) is 29.2. The average molecular weight is 388 g/mol. The van der Waals surface area contributed by atoms with E-state index in [9.17, 15) is 9.59 Å². The van der Waals surface area contributed by atoms with Crippen LogP contribution in [0.4, 0.5) is 0 Å². The second-order valence-corrected chi connectivity index (χ2v) is 6.54. The van der Waals surface area contributed by atoms with Crippen LogP contribution in [0.25, 0.3) is 22.3 Å². The Hall–Kier alpha value is -4.14. The highest BCUT2D eigenvalue weighted by Crippen LogP contribution is 2.18. The van der Waals surface area contributed by atoms with Crippen LogP contribution in [0, 0.1) is 0 Å². The molecule has 0 aliphatic rings. The van der Waals surface area contributed by atoms with Gasteiger partial charge < -0.3 is 14.3 Å². The summed E-state index contributed by atoms with van der Waals surface area (Å²) >= 11 is 0. The predicted octanol–water partition coefficient (Wildman–Crippen LogP) is 1.74. The first kappa shape index (κ1) is 17.0. The summed E-state index contributed by atoms with van der Waals surface area (Å²) in [6.45, 7) is 0.150. The maximum absolute atomic E-state index is 12.7. The second kappa shape index (κ2) is 6.79. The van der Waals surface area contributed by atoms with E-state index in [1.165, 1.54) is 6.33 Å². The van der Waals surface area contributed by atoms with Crippen LogP contribution in [-0.4, -0.2) is 29.6 Å². The molecule has 0 unspecified atom stereocenters. The fourth-order valence-electron chi connectivity index (χ4n) is 3.34. The third kappa shape index (κ3) is 2.98. The summed E-state index contributed by atoms with van der Waals surface area (Å²) in [5.41, 5.74) is 3.28. The Bertz CT molecular complexity index is 1380. The van der Waals surface area contributed by atoms with Gasteiger partial charge in [0.1, 0.15) is 18.4 Å². The molecule has 1 amide bonds. The molecule has 4 aromatic heterocycles. The fraction of sp³-hybridized carbons (Fsp3) is 0.100. The Balaban J connectivity index is 1.34. The molecule has 1 aromatic carbocycles. The van der Waals surface area contributed by atoms with Crippen molar-refractivity contribution in [3.63, 3.8) is 0 Å². The molecule has 4 heterocycles. The van der Waals surface area contributed by atoms with E-state index in [0.29, 0.717) is 17.6 Å². The summed E-state index contributed by atoms with van der Waals surface area (Å²) in [5, 5.41) is 6.96. The van der Waals surface area contributed by atoms with Crippen LogP contribution in [0.2, 0.25) is 0 Å². The first-order chi connectivity index (χ1) is 14.2. The number of carbonyl (C=O) groups excluding carboxylic acids is 1. The molecule has 29 heavy (non-hydrogen) atoms. The smallest absolute Gasteiger partial charge is 0.291 e. The lowest BCUT2D eigenvalue weighted by molar-refractivity contribution is -0.122.